The Labute approximate surface area is 144 Å². The lowest BCUT2D eigenvalue weighted by Crippen LogP contribution is -2.35. The van der Waals surface area contributed by atoms with Crippen molar-refractivity contribution in [1.82, 2.24) is 9.21 Å². The largest absolute Gasteiger partial charge is 0.385 e. The second-order valence-electron chi connectivity index (χ2n) is 5.88. The Morgan fingerprint density at radius 3 is 2.70 bits per heavy atom. The molecular weight excluding hydrogens is 336 g/mol. The molecule has 1 aliphatic heterocycles. The molecule has 1 saturated heterocycles. The summed E-state index contributed by atoms with van der Waals surface area (Å²) < 4.78 is 32.3. The van der Waals surface area contributed by atoms with Gasteiger partial charge >= 0.3 is 0 Å². The Kier molecular flexibility index (Phi) is 6.85. The molecule has 0 N–H and O–H groups in total. The van der Waals surface area contributed by atoms with E-state index in [1.165, 1.54) is 0 Å². The van der Waals surface area contributed by atoms with Crippen molar-refractivity contribution >= 4 is 21.6 Å². The molecule has 0 aromatic heterocycles. The van der Waals surface area contributed by atoms with Crippen LogP contribution in [0.5, 0.6) is 0 Å². The van der Waals surface area contributed by atoms with Gasteiger partial charge in [0.2, 0.25) is 10.0 Å². The van der Waals surface area contributed by atoms with Crippen molar-refractivity contribution in [2.45, 2.75) is 24.7 Å². The van der Waals surface area contributed by atoms with Crippen LogP contribution in [-0.2, 0) is 14.8 Å². The van der Waals surface area contributed by atoms with Gasteiger partial charge in [-0.05, 0) is 44.0 Å². The van der Waals surface area contributed by atoms with Gasteiger partial charge in [0.05, 0.1) is 5.02 Å². The third kappa shape index (κ3) is 4.90. The fourth-order valence-corrected chi connectivity index (χ4v) is 4.84. The minimum Gasteiger partial charge on any atom is -0.385 e. The molecule has 0 aliphatic carbocycles. The number of benzene rings is 1. The number of hydrogen-bond acceptors (Lipinski definition) is 4. The van der Waals surface area contributed by atoms with E-state index in [9.17, 15) is 8.42 Å². The van der Waals surface area contributed by atoms with Crippen LogP contribution in [0.3, 0.4) is 0 Å². The topological polar surface area (TPSA) is 49.9 Å². The van der Waals surface area contributed by atoms with Crippen molar-refractivity contribution in [2.75, 3.05) is 46.4 Å². The monoisotopic (exact) mass is 360 g/mol. The molecule has 5 nitrogen and oxygen atoms in total. The van der Waals surface area contributed by atoms with Crippen LogP contribution in [0.25, 0.3) is 0 Å². The molecule has 2 rings (SSSR count). The van der Waals surface area contributed by atoms with Gasteiger partial charge in [-0.2, -0.15) is 4.31 Å². The van der Waals surface area contributed by atoms with Crippen LogP contribution in [0.4, 0.5) is 0 Å². The summed E-state index contributed by atoms with van der Waals surface area (Å²) in [6, 6.07) is 5.09. The quantitative estimate of drug-likeness (QED) is 0.731. The molecule has 23 heavy (non-hydrogen) atoms. The zero-order valence-corrected chi connectivity index (χ0v) is 15.4. The SMILES string of the molecule is COCCCN1CCCN(S(=O)(=O)c2ccc(C)cc2Cl)CC1. The summed E-state index contributed by atoms with van der Waals surface area (Å²) in [6.45, 7) is 6.26. The molecule has 1 aliphatic rings. The van der Waals surface area contributed by atoms with Crippen molar-refractivity contribution < 1.29 is 13.2 Å². The molecule has 1 heterocycles. The summed E-state index contributed by atoms with van der Waals surface area (Å²) in [6.07, 6.45) is 1.79. The van der Waals surface area contributed by atoms with E-state index in [4.69, 9.17) is 16.3 Å². The summed E-state index contributed by atoms with van der Waals surface area (Å²) in [5, 5.41) is 0.297. The normalized spacial score (nSPS) is 18.0. The van der Waals surface area contributed by atoms with Crippen molar-refractivity contribution in [3.05, 3.63) is 28.8 Å². The Morgan fingerprint density at radius 2 is 2.00 bits per heavy atom. The molecule has 0 unspecified atom stereocenters. The molecule has 0 atom stereocenters. The third-order valence-electron chi connectivity index (χ3n) is 4.08. The predicted octanol–water partition coefficient (Wildman–Crippen LogP) is 2.38. The van der Waals surface area contributed by atoms with E-state index in [-0.39, 0.29) is 4.90 Å². The molecule has 0 bridgehead atoms. The van der Waals surface area contributed by atoms with Crippen LogP contribution in [0.1, 0.15) is 18.4 Å². The van der Waals surface area contributed by atoms with E-state index in [2.05, 4.69) is 4.90 Å². The predicted molar refractivity (Wildman–Crippen MR) is 92.5 cm³/mol. The minimum atomic E-state index is -3.53. The van der Waals surface area contributed by atoms with Gasteiger partial charge in [-0.15, -0.1) is 0 Å². The zero-order chi connectivity index (χ0) is 16.9. The number of nitrogens with zero attached hydrogens (tertiary/aromatic N) is 2. The molecule has 0 saturated carbocycles. The molecule has 0 amide bonds. The van der Waals surface area contributed by atoms with Gasteiger partial charge in [-0.1, -0.05) is 17.7 Å². The Hall–Kier alpha value is -0.660. The smallest absolute Gasteiger partial charge is 0.244 e. The third-order valence-corrected chi connectivity index (χ3v) is 6.46. The summed E-state index contributed by atoms with van der Waals surface area (Å²) in [4.78, 5) is 2.50. The molecular formula is C16H25ClN2O3S. The van der Waals surface area contributed by atoms with E-state index >= 15 is 0 Å². The van der Waals surface area contributed by atoms with Crippen molar-refractivity contribution in [1.29, 1.82) is 0 Å². The number of halogens is 1. The van der Waals surface area contributed by atoms with Crippen LogP contribution in [0.15, 0.2) is 23.1 Å². The minimum absolute atomic E-state index is 0.206. The second kappa shape index (κ2) is 8.44. The lowest BCUT2D eigenvalue weighted by atomic mass is 10.2. The average molecular weight is 361 g/mol. The maximum absolute atomic E-state index is 12.8. The number of rotatable bonds is 6. The second-order valence-corrected chi connectivity index (χ2v) is 8.19. The van der Waals surface area contributed by atoms with Crippen molar-refractivity contribution in [2.24, 2.45) is 0 Å². The number of sulfonamides is 1. The maximum atomic E-state index is 12.8. The van der Waals surface area contributed by atoms with Gasteiger partial charge in [-0.3, -0.25) is 0 Å². The van der Waals surface area contributed by atoms with Gasteiger partial charge < -0.3 is 9.64 Å². The summed E-state index contributed by atoms with van der Waals surface area (Å²) in [7, 11) is -1.83. The van der Waals surface area contributed by atoms with Gasteiger partial charge in [0.25, 0.3) is 0 Å². The average Bonchev–Trinajstić information content (AvgIpc) is 2.73. The lowest BCUT2D eigenvalue weighted by molar-refractivity contribution is 0.173. The highest BCUT2D eigenvalue weighted by atomic mass is 35.5. The molecule has 1 aromatic rings. The first-order valence-electron chi connectivity index (χ1n) is 7.93. The molecule has 1 fully saturated rings. The van der Waals surface area contributed by atoms with Crippen molar-refractivity contribution in [3.8, 4) is 0 Å². The molecule has 0 radical (unpaired) electrons. The van der Waals surface area contributed by atoms with E-state index < -0.39 is 10.0 Å². The summed E-state index contributed by atoms with van der Waals surface area (Å²) in [5.74, 6) is 0. The fourth-order valence-electron chi connectivity index (χ4n) is 2.80. The van der Waals surface area contributed by atoms with E-state index in [0.29, 0.717) is 18.1 Å². The first kappa shape index (κ1) is 18.7. The van der Waals surface area contributed by atoms with Crippen LogP contribution < -0.4 is 0 Å². The fraction of sp³-hybridized carbons (Fsp3) is 0.625. The molecule has 1 aromatic carbocycles. The Bertz CT molecular complexity index is 622. The highest BCUT2D eigenvalue weighted by molar-refractivity contribution is 7.89. The van der Waals surface area contributed by atoms with E-state index in [1.54, 1.807) is 29.6 Å². The number of aryl methyl sites for hydroxylation is 1. The van der Waals surface area contributed by atoms with Gasteiger partial charge in [0, 0.05) is 39.9 Å². The Balaban J connectivity index is 2.06. The molecule has 130 valence electrons. The van der Waals surface area contributed by atoms with E-state index in [0.717, 1.165) is 44.6 Å². The van der Waals surface area contributed by atoms with Gasteiger partial charge in [0.15, 0.2) is 0 Å². The maximum Gasteiger partial charge on any atom is 0.244 e. The highest BCUT2D eigenvalue weighted by Crippen LogP contribution is 2.26. The first-order valence-corrected chi connectivity index (χ1v) is 9.74. The van der Waals surface area contributed by atoms with E-state index in [1.807, 2.05) is 6.92 Å². The number of ether oxygens (including phenoxy) is 1. The van der Waals surface area contributed by atoms with Gasteiger partial charge in [0.1, 0.15) is 4.90 Å². The van der Waals surface area contributed by atoms with Crippen molar-refractivity contribution in [3.63, 3.8) is 0 Å². The van der Waals surface area contributed by atoms with Crippen LogP contribution in [0.2, 0.25) is 5.02 Å². The van der Waals surface area contributed by atoms with Gasteiger partial charge in [-0.25, -0.2) is 8.42 Å². The summed E-state index contributed by atoms with van der Waals surface area (Å²) >= 11 is 6.16. The standard InChI is InChI=1S/C16H25ClN2O3S/c1-14-5-6-16(15(17)13-14)23(20,21)19-9-3-7-18(10-11-19)8-4-12-22-2/h5-6,13H,3-4,7-12H2,1-2H3. The van der Waals surface area contributed by atoms with Crippen LogP contribution in [0, 0.1) is 6.92 Å². The Morgan fingerprint density at radius 1 is 1.22 bits per heavy atom. The highest BCUT2D eigenvalue weighted by Gasteiger charge is 2.28. The number of hydrogen-bond donors (Lipinski definition) is 0. The summed E-state index contributed by atoms with van der Waals surface area (Å²) in [5.41, 5.74) is 0.953. The molecule has 0 spiro atoms. The first-order chi connectivity index (χ1) is 10.9. The zero-order valence-electron chi connectivity index (χ0n) is 13.8. The van der Waals surface area contributed by atoms with Crippen LogP contribution >= 0.6 is 11.6 Å². The number of methoxy groups -OCH3 is 1. The lowest BCUT2D eigenvalue weighted by Gasteiger charge is -2.22. The van der Waals surface area contributed by atoms with Crippen LogP contribution in [-0.4, -0.2) is 64.1 Å². The molecule has 7 heteroatoms.